The van der Waals surface area contributed by atoms with Crippen LogP contribution in [-0.4, -0.2) is 27.8 Å². The van der Waals surface area contributed by atoms with Crippen molar-refractivity contribution in [2.75, 3.05) is 0 Å². The summed E-state index contributed by atoms with van der Waals surface area (Å²) in [5.74, 6) is -1.74. The van der Waals surface area contributed by atoms with E-state index < -0.39 is 17.8 Å². The van der Waals surface area contributed by atoms with Gasteiger partial charge in [0, 0.05) is 19.0 Å². The predicted octanol–water partition coefficient (Wildman–Crippen LogP) is 0.611. The van der Waals surface area contributed by atoms with Gasteiger partial charge in [0.15, 0.2) is 0 Å². The Morgan fingerprint density at radius 2 is 2.00 bits per heavy atom. The lowest BCUT2D eigenvalue weighted by molar-refractivity contribution is -0.172. The Labute approximate surface area is 97.1 Å². The van der Waals surface area contributed by atoms with Crippen molar-refractivity contribution in [1.29, 1.82) is 0 Å². The van der Waals surface area contributed by atoms with E-state index >= 15 is 0 Å². The third-order valence-corrected chi connectivity index (χ3v) is 2.41. The first-order chi connectivity index (χ1) is 8.09. The Balaban J connectivity index is 2.15. The number of imide groups is 1. The standard InChI is InChI=1S/C11H10N2O4/c1-7-8(3-2-6-12-7)11(16)17-13-9(14)4-5-10(13)15/h2-3,6H,4-5H2,1H3. The van der Waals surface area contributed by atoms with Crippen LogP contribution in [0.3, 0.4) is 0 Å². The Bertz CT molecular complexity index is 482. The van der Waals surface area contributed by atoms with E-state index in [1.807, 2.05) is 0 Å². The van der Waals surface area contributed by atoms with Gasteiger partial charge >= 0.3 is 5.97 Å². The highest BCUT2D eigenvalue weighted by Gasteiger charge is 2.33. The van der Waals surface area contributed by atoms with Gasteiger partial charge in [-0.25, -0.2) is 4.79 Å². The lowest BCUT2D eigenvalue weighted by Crippen LogP contribution is -2.32. The smallest absolute Gasteiger partial charge is 0.325 e. The highest BCUT2D eigenvalue weighted by atomic mass is 16.7. The average molecular weight is 234 g/mol. The number of carbonyl (C=O) groups is 3. The Morgan fingerprint density at radius 1 is 1.35 bits per heavy atom. The molecule has 0 saturated carbocycles. The lowest BCUT2D eigenvalue weighted by atomic mass is 10.2. The molecule has 2 heterocycles. The first kappa shape index (κ1) is 11.3. The number of rotatable bonds is 2. The summed E-state index contributed by atoms with van der Waals surface area (Å²) in [5.41, 5.74) is 0.719. The first-order valence-corrected chi connectivity index (χ1v) is 5.09. The number of carbonyl (C=O) groups excluding carboxylic acids is 3. The summed E-state index contributed by atoms with van der Waals surface area (Å²) in [7, 11) is 0. The van der Waals surface area contributed by atoms with Gasteiger partial charge in [-0.15, -0.1) is 5.06 Å². The van der Waals surface area contributed by atoms with Gasteiger partial charge in [0.2, 0.25) is 0 Å². The number of hydroxylamine groups is 2. The van der Waals surface area contributed by atoms with Crippen LogP contribution in [0.25, 0.3) is 0 Å². The van der Waals surface area contributed by atoms with Crippen LogP contribution in [-0.2, 0) is 14.4 Å². The van der Waals surface area contributed by atoms with E-state index in [1.54, 1.807) is 13.0 Å². The molecular weight excluding hydrogens is 224 g/mol. The minimum atomic E-state index is -0.751. The number of hydrogen-bond acceptors (Lipinski definition) is 5. The Morgan fingerprint density at radius 3 is 2.59 bits per heavy atom. The molecule has 1 aromatic rings. The average Bonchev–Trinajstić information content (AvgIpc) is 2.61. The third-order valence-electron chi connectivity index (χ3n) is 2.41. The van der Waals surface area contributed by atoms with E-state index in [-0.39, 0.29) is 18.4 Å². The SMILES string of the molecule is Cc1ncccc1C(=O)ON1C(=O)CCC1=O. The fourth-order valence-corrected chi connectivity index (χ4v) is 1.49. The fraction of sp³-hybridized carbons (Fsp3) is 0.273. The van der Waals surface area contributed by atoms with E-state index in [0.717, 1.165) is 0 Å². The number of aromatic nitrogens is 1. The fourth-order valence-electron chi connectivity index (χ4n) is 1.49. The summed E-state index contributed by atoms with van der Waals surface area (Å²) in [5, 5.41) is 0.523. The van der Waals surface area contributed by atoms with Gasteiger partial charge in [0.25, 0.3) is 11.8 Å². The maximum Gasteiger partial charge on any atom is 0.365 e. The molecule has 0 aromatic carbocycles. The summed E-state index contributed by atoms with van der Waals surface area (Å²) in [6.07, 6.45) is 1.70. The number of nitrogens with zero attached hydrogens (tertiary/aromatic N) is 2. The van der Waals surface area contributed by atoms with Crippen molar-refractivity contribution >= 4 is 17.8 Å². The summed E-state index contributed by atoms with van der Waals surface area (Å²) in [6, 6.07) is 3.10. The molecule has 0 atom stereocenters. The van der Waals surface area contributed by atoms with Crippen LogP contribution >= 0.6 is 0 Å². The highest BCUT2D eigenvalue weighted by Crippen LogP contribution is 2.14. The van der Waals surface area contributed by atoms with Crippen LogP contribution < -0.4 is 0 Å². The highest BCUT2D eigenvalue weighted by molar-refractivity contribution is 6.02. The van der Waals surface area contributed by atoms with Gasteiger partial charge in [-0.3, -0.25) is 14.6 Å². The molecule has 2 rings (SSSR count). The van der Waals surface area contributed by atoms with Crippen LogP contribution in [0.5, 0.6) is 0 Å². The molecule has 1 saturated heterocycles. The van der Waals surface area contributed by atoms with Crippen LogP contribution in [0, 0.1) is 6.92 Å². The molecule has 0 N–H and O–H groups in total. The van der Waals surface area contributed by atoms with Crippen molar-refractivity contribution in [2.24, 2.45) is 0 Å². The van der Waals surface area contributed by atoms with Crippen LogP contribution in [0.15, 0.2) is 18.3 Å². The molecule has 1 aliphatic heterocycles. The van der Waals surface area contributed by atoms with Gasteiger partial charge < -0.3 is 4.84 Å². The molecular formula is C11H10N2O4. The second-order valence-electron chi connectivity index (χ2n) is 3.60. The Hall–Kier alpha value is -2.24. The number of pyridine rings is 1. The van der Waals surface area contributed by atoms with Gasteiger partial charge in [-0.05, 0) is 19.1 Å². The molecule has 88 valence electrons. The molecule has 0 bridgehead atoms. The molecule has 0 radical (unpaired) electrons. The molecule has 0 aliphatic carbocycles. The van der Waals surface area contributed by atoms with Gasteiger partial charge in [-0.1, -0.05) is 0 Å². The van der Waals surface area contributed by atoms with Crippen LogP contribution in [0.2, 0.25) is 0 Å². The Kier molecular flexibility index (Phi) is 2.86. The van der Waals surface area contributed by atoms with Crippen molar-refractivity contribution in [3.8, 4) is 0 Å². The van der Waals surface area contributed by atoms with Gasteiger partial charge in [0.05, 0.1) is 11.3 Å². The zero-order valence-electron chi connectivity index (χ0n) is 9.17. The van der Waals surface area contributed by atoms with Crippen molar-refractivity contribution in [1.82, 2.24) is 10.0 Å². The van der Waals surface area contributed by atoms with E-state index in [0.29, 0.717) is 10.8 Å². The minimum absolute atomic E-state index is 0.0815. The summed E-state index contributed by atoms with van der Waals surface area (Å²) >= 11 is 0. The molecule has 1 fully saturated rings. The summed E-state index contributed by atoms with van der Waals surface area (Å²) < 4.78 is 0. The van der Waals surface area contributed by atoms with E-state index in [9.17, 15) is 14.4 Å². The molecule has 6 nitrogen and oxygen atoms in total. The van der Waals surface area contributed by atoms with Crippen LogP contribution in [0.4, 0.5) is 0 Å². The third kappa shape index (κ3) is 2.15. The maximum absolute atomic E-state index is 11.7. The van der Waals surface area contributed by atoms with Crippen LogP contribution in [0.1, 0.15) is 28.9 Å². The maximum atomic E-state index is 11.7. The molecule has 1 aliphatic rings. The number of hydrogen-bond donors (Lipinski definition) is 0. The lowest BCUT2D eigenvalue weighted by Gasteiger charge is -2.12. The summed E-state index contributed by atoms with van der Waals surface area (Å²) in [6.45, 7) is 1.64. The van der Waals surface area contributed by atoms with Crippen molar-refractivity contribution in [2.45, 2.75) is 19.8 Å². The first-order valence-electron chi connectivity index (χ1n) is 5.09. The second kappa shape index (κ2) is 4.32. The number of aryl methyl sites for hydroxylation is 1. The van der Waals surface area contributed by atoms with Gasteiger partial charge in [-0.2, -0.15) is 0 Å². The van der Waals surface area contributed by atoms with E-state index in [4.69, 9.17) is 4.84 Å². The van der Waals surface area contributed by atoms with E-state index in [1.165, 1.54) is 12.3 Å². The van der Waals surface area contributed by atoms with Crippen molar-refractivity contribution in [3.63, 3.8) is 0 Å². The quantitative estimate of drug-likeness (QED) is 0.701. The molecule has 0 unspecified atom stereocenters. The minimum Gasteiger partial charge on any atom is -0.325 e. The monoisotopic (exact) mass is 234 g/mol. The van der Waals surface area contributed by atoms with Crippen molar-refractivity contribution in [3.05, 3.63) is 29.6 Å². The molecule has 2 amide bonds. The normalized spacial score (nSPS) is 15.2. The predicted molar refractivity (Wildman–Crippen MR) is 55.5 cm³/mol. The van der Waals surface area contributed by atoms with Gasteiger partial charge in [0.1, 0.15) is 0 Å². The van der Waals surface area contributed by atoms with Crippen molar-refractivity contribution < 1.29 is 19.2 Å². The molecule has 0 spiro atoms. The molecule has 6 heteroatoms. The molecule has 1 aromatic heterocycles. The topological polar surface area (TPSA) is 76.6 Å². The number of amides is 2. The molecule has 17 heavy (non-hydrogen) atoms. The second-order valence-corrected chi connectivity index (χ2v) is 3.60. The zero-order valence-corrected chi connectivity index (χ0v) is 9.17. The largest absolute Gasteiger partial charge is 0.365 e. The van der Waals surface area contributed by atoms with E-state index in [2.05, 4.69) is 4.98 Å². The zero-order chi connectivity index (χ0) is 12.4. The summed E-state index contributed by atoms with van der Waals surface area (Å²) in [4.78, 5) is 42.9.